The SMILES string of the molecule is c1ccc2ncc(-c3cc4n(n3)CCC43CN(CC4CCCCC4)C3)cc2c1. The van der Waals surface area contributed by atoms with E-state index in [1.165, 1.54) is 69.2 Å². The lowest BCUT2D eigenvalue weighted by atomic mass is 9.75. The monoisotopic (exact) mass is 372 g/mol. The lowest BCUT2D eigenvalue weighted by molar-refractivity contribution is 0.0440. The first-order valence-corrected chi connectivity index (χ1v) is 11.0. The Morgan fingerprint density at radius 1 is 1.04 bits per heavy atom. The average molecular weight is 373 g/mol. The smallest absolute Gasteiger partial charge is 0.0942 e. The number of benzene rings is 1. The minimum Gasteiger partial charge on any atom is -0.301 e. The number of fused-ring (bicyclic) bond motifs is 3. The minimum absolute atomic E-state index is 0.351. The maximum Gasteiger partial charge on any atom is 0.0942 e. The Kier molecular flexibility index (Phi) is 3.83. The van der Waals surface area contributed by atoms with Gasteiger partial charge in [-0.15, -0.1) is 0 Å². The fraction of sp³-hybridized carbons (Fsp3) is 0.500. The number of aryl methyl sites for hydroxylation is 1. The first kappa shape index (κ1) is 16.7. The second-order valence-corrected chi connectivity index (χ2v) is 9.26. The fourth-order valence-corrected chi connectivity index (χ4v) is 5.81. The maximum absolute atomic E-state index is 4.94. The van der Waals surface area contributed by atoms with Gasteiger partial charge in [-0.3, -0.25) is 9.67 Å². The van der Waals surface area contributed by atoms with E-state index in [0.717, 1.165) is 29.2 Å². The van der Waals surface area contributed by atoms with E-state index in [4.69, 9.17) is 5.10 Å². The molecule has 1 saturated heterocycles. The quantitative estimate of drug-likeness (QED) is 0.672. The Morgan fingerprint density at radius 3 is 2.79 bits per heavy atom. The van der Waals surface area contributed by atoms with Crippen molar-refractivity contribution in [2.75, 3.05) is 19.6 Å². The highest BCUT2D eigenvalue weighted by atomic mass is 15.3. The molecular weight excluding hydrogens is 344 g/mol. The molecule has 2 aliphatic heterocycles. The highest BCUT2D eigenvalue weighted by Crippen LogP contribution is 2.44. The third-order valence-electron chi connectivity index (χ3n) is 7.31. The van der Waals surface area contributed by atoms with Crippen LogP contribution in [0.2, 0.25) is 0 Å². The number of likely N-dealkylation sites (tertiary alicyclic amines) is 1. The molecule has 6 rings (SSSR count). The van der Waals surface area contributed by atoms with E-state index < -0.39 is 0 Å². The van der Waals surface area contributed by atoms with Crippen LogP contribution in [0.1, 0.15) is 44.2 Å². The summed E-state index contributed by atoms with van der Waals surface area (Å²) in [5.41, 5.74) is 5.07. The van der Waals surface area contributed by atoms with Crippen molar-refractivity contribution < 1.29 is 0 Å². The molecule has 4 heteroatoms. The second kappa shape index (κ2) is 6.41. The van der Waals surface area contributed by atoms with Crippen LogP contribution in [-0.4, -0.2) is 39.3 Å². The number of pyridine rings is 1. The van der Waals surface area contributed by atoms with Crippen LogP contribution in [0.3, 0.4) is 0 Å². The third kappa shape index (κ3) is 2.69. The molecule has 4 heterocycles. The van der Waals surface area contributed by atoms with Crippen molar-refractivity contribution in [2.24, 2.45) is 5.92 Å². The molecule has 0 N–H and O–H groups in total. The number of nitrogens with zero attached hydrogens (tertiary/aromatic N) is 4. The summed E-state index contributed by atoms with van der Waals surface area (Å²) in [7, 11) is 0. The van der Waals surface area contributed by atoms with E-state index in [1.54, 1.807) is 0 Å². The first-order valence-electron chi connectivity index (χ1n) is 11.0. The zero-order valence-corrected chi connectivity index (χ0v) is 16.5. The molecule has 28 heavy (non-hydrogen) atoms. The fourth-order valence-electron chi connectivity index (χ4n) is 5.81. The highest BCUT2D eigenvalue weighted by Gasteiger charge is 2.49. The number of hydrogen-bond acceptors (Lipinski definition) is 3. The van der Waals surface area contributed by atoms with E-state index in [-0.39, 0.29) is 0 Å². The zero-order valence-electron chi connectivity index (χ0n) is 16.5. The summed E-state index contributed by atoms with van der Waals surface area (Å²) in [6, 6.07) is 12.9. The molecule has 3 aliphatic rings. The Balaban J connectivity index is 1.22. The molecule has 144 valence electrons. The Morgan fingerprint density at radius 2 is 1.89 bits per heavy atom. The van der Waals surface area contributed by atoms with Crippen LogP contribution in [0.25, 0.3) is 22.2 Å². The highest BCUT2D eigenvalue weighted by molar-refractivity contribution is 5.82. The molecular formula is C24H28N4. The van der Waals surface area contributed by atoms with Crippen molar-refractivity contribution in [3.05, 3.63) is 48.3 Å². The summed E-state index contributed by atoms with van der Waals surface area (Å²) in [5, 5.41) is 6.13. The Bertz CT molecular complexity index is 1010. The average Bonchev–Trinajstić information content (AvgIpc) is 3.28. The zero-order chi connectivity index (χ0) is 18.6. The van der Waals surface area contributed by atoms with E-state index in [9.17, 15) is 0 Å². The molecule has 1 saturated carbocycles. The molecule has 0 atom stereocenters. The van der Waals surface area contributed by atoms with Crippen LogP contribution in [0.4, 0.5) is 0 Å². The van der Waals surface area contributed by atoms with Gasteiger partial charge in [-0.1, -0.05) is 37.5 Å². The number of hydrogen-bond donors (Lipinski definition) is 0. The van der Waals surface area contributed by atoms with Crippen molar-refractivity contribution in [1.82, 2.24) is 19.7 Å². The molecule has 0 bridgehead atoms. The number of rotatable bonds is 3. The summed E-state index contributed by atoms with van der Waals surface area (Å²) in [6.45, 7) is 4.83. The van der Waals surface area contributed by atoms with Gasteiger partial charge in [0.2, 0.25) is 0 Å². The van der Waals surface area contributed by atoms with E-state index in [0.29, 0.717) is 5.41 Å². The summed E-state index contributed by atoms with van der Waals surface area (Å²) in [4.78, 5) is 7.33. The Hall–Kier alpha value is -2.20. The van der Waals surface area contributed by atoms with Crippen LogP contribution in [0.15, 0.2) is 42.6 Å². The summed E-state index contributed by atoms with van der Waals surface area (Å²) in [6.07, 6.45) is 10.5. The van der Waals surface area contributed by atoms with Crippen LogP contribution in [-0.2, 0) is 12.0 Å². The normalized spacial score (nSPS) is 21.9. The van der Waals surface area contributed by atoms with Crippen molar-refractivity contribution in [1.29, 1.82) is 0 Å². The molecule has 2 fully saturated rings. The standard InChI is InChI=1S/C24H28N4/c1-2-6-18(7-3-1)15-27-16-24(17-27)10-11-28-23(24)13-22(26-28)20-12-19-8-4-5-9-21(19)25-14-20/h4-5,8-9,12-14,18H,1-3,6-7,10-11,15-17H2. The van der Waals surface area contributed by atoms with Gasteiger partial charge in [-0.2, -0.15) is 5.10 Å². The van der Waals surface area contributed by atoms with Gasteiger partial charge >= 0.3 is 0 Å². The van der Waals surface area contributed by atoms with Gasteiger partial charge in [0.05, 0.1) is 11.2 Å². The predicted molar refractivity (Wildman–Crippen MR) is 112 cm³/mol. The molecule has 3 aromatic rings. The van der Waals surface area contributed by atoms with Gasteiger partial charge < -0.3 is 4.90 Å². The van der Waals surface area contributed by atoms with Gasteiger partial charge in [0, 0.05) is 54.4 Å². The van der Waals surface area contributed by atoms with Crippen molar-refractivity contribution in [3.63, 3.8) is 0 Å². The molecule has 0 radical (unpaired) electrons. The molecule has 1 aromatic carbocycles. The van der Waals surface area contributed by atoms with Crippen LogP contribution >= 0.6 is 0 Å². The summed E-state index contributed by atoms with van der Waals surface area (Å²) < 4.78 is 2.27. The predicted octanol–water partition coefficient (Wildman–Crippen LogP) is 4.64. The largest absolute Gasteiger partial charge is 0.301 e. The van der Waals surface area contributed by atoms with Gasteiger partial charge in [-0.05, 0) is 43.4 Å². The molecule has 1 aliphatic carbocycles. The summed E-state index contributed by atoms with van der Waals surface area (Å²) >= 11 is 0. The van der Waals surface area contributed by atoms with Crippen LogP contribution < -0.4 is 0 Å². The molecule has 2 aromatic heterocycles. The van der Waals surface area contributed by atoms with Crippen molar-refractivity contribution >= 4 is 10.9 Å². The van der Waals surface area contributed by atoms with Crippen molar-refractivity contribution in [2.45, 2.75) is 50.5 Å². The number of para-hydroxylation sites is 1. The van der Waals surface area contributed by atoms with Crippen LogP contribution in [0.5, 0.6) is 0 Å². The van der Waals surface area contributed by atoms with Crippen molar-refractivity contribution in [3.8, 4) is 11.3 Å². The molecule has 0 amide bonds. The van der Waals surface area contributed by atoms with Crippen LogP contribution in [0, 0.1) is 5.92 Å². The summed E-state index contributed by atoms with van der Waals surface area (Å²) in [5.74, 6) is 0.941. The second-order valence-electron chi connectivity index (χ2n) is 9.26. The molecule has 4 nitrogen and oxygen atoms in total. The first-order chi connectivity index (χ1) is 13.8. The van der Waals surface area contributed by atoms with Gasteiger partial charge in [0.1, 0.15) is 0 Å². The van der Waals surface area contributed by atoms with E-state index in [1.807, 2.05) is 12.3 Å². The van der Waals surface area contributed by atoms with Gasteiger partial charge in [0.25, 0.3) is 0 Å². The molecule has 1 spiro atoms. The van der Waals surface area contributed by atoms with E-state index in [2.05, 4.69) is 44.9 Å². The third-order valence-corrected chi connectivity index (χ3v) is 7.31. The topological polar surface area (TPSA) is 34.0 Å². The maximum atomic E-state index is 4.94. The van der Waals surface area contributed by atoms with E-state index >= 15 is 0 Å². The lowest BCUT2D eigenvalue weighted by Crippen LogP contribution is -2.59. The molecule has 0 unspecified atom stereocenters. The minimum atomic E-state index is 0.351. The number of aromatic nitrogens is 3. The van der Waals surface area contributed by atoms with Gasteiger partial charge in [0.15, 0.2) is 0 Å². The van der Waals surface area contributed by atoms with Gasteiger partial charge in [-0.25, -0.2) is 0 Å². The lowest BCUT2D eigenvalue weighted by Gasteiger charge is -2.49. The Labute approximate surface area is 166 Å².